The van der Waals surface area contributed by atoms with Crippen molar-refractivity contribution in [1.29, 1.82) is 0 Å². The normalized spacial score (nSPS) is 19.1. The van der Waals surface area contributed by atoms with E-state index < -0.39 is 6.10 Å². The van der Waals surface area contributed by atoms with E-state index in [1.165, 1.54) is 12.8 Å². The van der Waals surface area contributed by atoms with Crippen LogP contribution in [0.15, 0.2) is 0 Å². The van der Waals surface area contributed by atoms with Crippen molar-refractivity contribution >= 4 is 5.91 Å². The van der Waals surface area contributed by atoms with Gasteiger partial charge in [-0.25, -0.2) is 0 Å². The quantitative estimate of drug-likeness (QED) is 0.685. The second-order valence-corrected chi connectivity index (χ2v) is 4.05. The molecule has 1 fully saturated rings. The molecule has 0 aromatic rings. The topological polar surface area (TPSA) is 58.6 Å². The molecule has 1 amide bonds. The third-order valence-electron chi connectivity index (χ3n) is 2.89. The first-order valence-electron chi connectivity index (χ1n) is 5.76. The van der Waals surface area contributed by atoms with Gasteiger partial charge in [-0.05, 0) is 25.7 Å². The SMILES string of the molecule is CCOCC(=O)NCC(O)C1CCCC1. The molecule has 4 heteroatoms. The van der Waals surface area contributed by atoms with Crippen molar-refractivity contribution in [1.82, 2.24) is 5.32 Å². The number of hydrogen-bond donors (Lipinski definition) is 2. The molecule has 0 radical (unpaired) electrons. The lowest BCUT2D eigenvalue weighted by atomic mass is 10.0. The number of hydrogen-bond acceptors (Lipinski definition) is 3. The maximum absolute atomic E-state index is 11.2. The third kappa shape index (κ3) is 4.62. The van der Waals surface area contributed by atoms with Gasteiger partial charge in [0.25, 0.3) is 0 Å². The zero-order valence-electron chi connectivity index (χ0n) is 9.37. The number of nitrogens with one attached hydrogen (secondary N) is 1. The molecule has 0 spiro atoms. The molecule has 1 rings (SSSR count). The van der Waals surface area contributed by atoms with Crippen LogP contribution in [-0.4, -0.2) is 36.9 Å². The highest BCUT2D eigenvalue weighted by atomic mass is 16.5. The molecule has 1 atom stereocenters. The Kier molecular flexibility index (Phi) is 5.65. The average molecular weight is 215 g/mol. The van der Waals surface area contributed by atoms with Crippen molar-refractivity contribution in [2.75, 3.05) is 19.8 Å². The Labute approximate surface area is 91.0 Å². The summed E-state index contributed by atoms with van der Waals surface area (Å²) in [6.07, 6.45) is 4.19. The highest BCUT2D eigenvalue weighted by Crippen LogP contribution is 2.27. The van der Waals surface area contributed by atoms with Gasteiger partial charge in [0.1, 0.15) is 6.61 Å². The summed E-state index contributed by atoms with van der Waals surface area (Å²) in [4.78, 5) is 11.2. The zero-order valence-corrected chi connectivity index (χ0v) is 9.37. The van der Waals surface area contributed by atoms with Crippen LogP contribution in [0, 0.1) is 5.92 Å². The van der Waals surface area contributed by atoms with Gasteiger partial charge in [0.15, 0.2) is 0 Å². The Bertz CT molecular complexity index is 190. The lowest BCUT2D eigenvalue weighted by Crippen LogP contribution is -2.37. The minimum absolute atomic E-state index is 0.0912. The van der Waals surface area contributed by atoms with Crippen LogP contribution in [0.2, 0.25) is 0 Å². The predicted molar refractivity (Wildman–Crippen MR) is 57.5 cm³/mol. The largest absolute Gasteiger partial charge is 0.391 e. The van der Waals surface area contributed by atoms with E-state index in [1.807, 2.05) is 6.92 Å². The molecule has 0 aromatic carbocycles. The van der Waals surface area contributed by atoms with E-state index >= 15 is 0 Å². The van der Waals surface area contributed by atoms with E-state index in [0.29, 0.717) is 19.1 Å². The van der Waals surface area contributed by atoms with Crippen LogP contribution in [-0.2, 0) is 9.53 Å². The van der Waals surface area contributed by atoms with Gasteiger partial charge in [-0.3, -0.25) is 4.79 Å². The van der Waals surface area contributed by atoms with Gasteiger partial charge in [-0.2, -0.15) is 0 Å². The lowest BCUT2D eigenvalue weighted by molar-refractivity contribution is -0.126. The van der Waals surface area contributed by atoms with Crippen LogP contribution in [0.1, 0.15) is 32.6 Å². The fourth-order valence-corrected chi connectivity index (χ4v) is 1.97. The zero-order chi connectivity index (χ0) is 11.1. The van der Waals surface area contributed by atoms with E-state index in [0.717, 1.165) is 12.8 Å². The van der Waals surface area contributed by atoms with Gasteiger partial charge in [0.05, 0.1) is 6.10 Å². The van der Waals surface area contributed by atoms with Gasteiger partial charge in [-0.15, -0.1) is 0 Å². The van der Waals surface area contributed by atoms with Crippen LogP contribution in [0.4, 0.5) is 0 Å². The number of aliphatic hydroxyl groups is 1. The van der Waals surface area contributed by atoms with Crippen LogP contribution in [0.25, 0.3) is 0 Å². The number of amides is 1. The standard InChI is InChI=1S/C11H21NO3/c1-2-15-8-11(14)12-7-10(13)9-5-3-4-6-9/h9-10,13H,2-8H2,1H3,(H,12,14). The van der Waals surface area contributed by atoms with E-state index in [2.05, 4.69) is 5.32 Å². The van der Waals surface area contributed by atoms with Gasteiger partial charge < -0.3 is 15.2 Å². The van der Waals surface area contributed by atoms with Gasteiger partial charge in [-0.1, -0.05) is 12.8 Å². The summed E-state index contributed by atoms with van der Waals surface area (Å²) >= 11 is 0. The molecule has 0 aliphatic heterocycles. The van der Waals surface area contributed by atoms with Gasteiger partial charge in [0.2, 0.25) is 5.91 Å². The van der Waals surface area contributed by atoms with Crippen molar-refractivity contribution < 1.29 is 14.6 Å². The number of carbonyl (C=O) groups is 1. The molecule has 4 nitrogen and oxygen atoms in total. The Morgan fingerprint density at radius 2 is 2.20 bits per heavy atom. The summed E-state index contributed by atoms with van der Waals surface area (Å²) < 4.78 is 4.96. The first-order valence-corrected chi connectivity index (χ1v) is 5.76. The van der Waals surface area contributed by atoms with Gasteiger partial charge >= 0.3 is 0 Å². The summed E-state index contributed by atoms with van der Waals surface area (Å²) in [5.74, 6) is 0.228. The number of carbonyl (C=O) groups excluding carboxylic acids is 1. The second-order valence-electron chi connectivity index (χ2n) is 4.05. The molecule has 1 unspecified atom stereocenters. The highest BCUT2D eigenvalue weighted by Gasteiger charge is 2.23. The van der Waals surface area contributed by atoms with Crippen molar-refractivity contribution in [2.24, 2.45) is 5.92 Å². The number of rotatable bonds is 6. The first kappa shape index (κ1) is 12.5. The van der Waals surface area contributed by atoms with Crippen molar-refractivity contribution in [3.63, 3.8) is 0 Å². The van der Waals surface area contributed by atoms with Gasteiger partial charge in [0, 0.05) is 13.2 Å². The molecule has 0 saturated heterocycles. The molecular formula is C11H21NO3. The maximum Gasteiger partial charge on any atom is 0.246 e. The van der Waals surface area contributed by atoms with Crippen molar-refractivity contribution in [3.05, 3.63) is 0 Å². The Morgan fingerprint density at radius 1 is 1.53 bits per heavy atom. The number of aliphatic hydroxyl groups excluding tert-OH is 1. The van der Waals surface area contributed by atoms with E-state index in [4.69, 9.17) is 4.74 Å². The fourth-order valence-electron chi connectivity index (χ4n) is 1.97. The second kappa shape index (κ2) is 6.80. The van der Waals surface area contributed by atoms with Crippen LogP contribution in [0.3, 0.4) is 0 Å². The Hall–Kier alpha value is -0.610. The number of ether oxygens (including phenoxy) is 1. The van der Waals surface area contributed by atoms with Crippen LogP contribution >= 0.6 is 0 Å². The molecule has 1 saturated carbocycles. The predicted octanol–water partition coefficient (Wildman–Crippen LogP) is 0.690. The minimum Gasteiger partial charge on any atom is -0.391 e. The fraction of sp³-hybridized carbons (Fsp3) is 0.909. The molecule has 15 heavy (non-hydrogen) atoms. The Morgan fingerprint density at radius 3 is 2.80 bits per heavy atom. The molecule has 1 aliphatic carbocycles. The minimum atomic E-state index is -0.391. The van der Waals surface area contributed by atoms with E-state index in [1.54, 1.807) is 0 Å². The van der Waals surface area contributed by atoms with Crippen molar-refractivity contribution in [2.45, 2.75) is 38.7 Å². The van der Waals surface area contributed by atoms with Crippen LogP contribution < -0.4 is 5.32 Å². The summed E-state index contributed by atoms with van der Waals surface area (Å²) in [6, 6.07) is 0. The molecule has 88 valence electrons. The molecule has 2 N–H and O–H groups in total. The summed E-state index contributed by atoms with van der Waals surface area (Å²) in [5.41, 5.74) is 0. The average Bonchev–Trinajstić information content (AvgIpc) is 2.76. The maximum atomic E-state index is 11.2. The third-order valence-corrected chi connectivity index (χ3v) is 2.89. The van der Waals surface area contributed by atoms with E-state index in [-0.39, 0.29) is 12.5 Å². The van der Waals surface area contributed by atoms with E-state index in [9.17, 15) is 9.90 Å². The molecular weight excluding hydrogens is 194 g/mol. The first-order chi connectivity index (χ1) is 7.24. The molecule has 0 bridgehead atoms. The Balaban J connectivity index is 2.09. The monoisotopic (exact) mass is 215 g/mol. The summed E-state index contributed by atoms with van der Waals surface area (Å²) in [6.45, 7) is 2.84. The summed E-state index contributed by atoms with van der Waals surface area (Å²) in [5, 5.41) is 12.4. The molecule has 1 aliphatic rings. The molecule has 0 heterocycles. The lowest BCUT2D eigenvalue weighted by Gasteiger charge is -2.17. The summed E-state index contributed by atoms with van der Waals surface area (Å²) in [7, 11) is 0. The molecule has 0 aromatic heterocycles. The highest BCUT2D eigenvalue weighted by molar-refractivity contribution is 5.77. The smallest absolute Gasteiger partial charge is 0.246 e. The van der Waals surface area contributed by atoms with Crippen molar-refractivity contribution in [3.8, 4) is 0 Å². The van der Waals surface area contributed by atoms with Crippen LogP contribution in [0.5, 0.6) is 0 Å².